The largest absolute Gasteiger partial charge is 0.0616 e. The van der Waals surface area contributed by atoms with Gasteiger partial charge in [0.2, 0.25) is 0 Å². The number of hydrogen-bond donors (Lipinski definition) is 0. The highest BCUT2D eigenvalue weighted by Crippen LogP contribution is 2.33. The first-order valence-corrected chi connectivity index (χ1v) is 15.3. The van der Waals surface area contributed by atoms with Crippen LogP contribution < -0.4 is 0 Å². The van der Waals surface area contributed by atoms with Crippen molar-refractivity contribution in [3.63, 3.8) is 0 Å². The molecule has 0 heteroatoms. The number of hydrogen-bond acceptors (Lipinski definition) is 0. The fraction of sp³-hybridized carbons (Fsp3) is 0.0455. The summed E-state index contributed by atoms with van der Waals surface area (Å²) in [7, 11) is 0. The maximum Gasteiger partial charge on any atom is -0.0177 e. The normalized spacial score (nSPS) is 12.2. The molecular weight excluding hydrogens is 528 g/mol. The van der Waals surface area contributed by atoms with E-state index < -0.39 is 0 Å². The molecule has 0 atom stereocenters. The summed E-state index contributed by atoms with van der Waals surface area (Å²) in [4.78, 5) is 0. The van der Waals surface area contributed by atoms with Crippen molar-refractivity contribution in [2.24, 2.45) is 0 Å². The lowest BCUT2D eigenvalue weighted by molar-refractivity contribution is 1.54. The maximum atomic E-state index is 2.33. The van der Waals surface area contributed by atoms with Crippen molar-refractivity contribution in [1.82, 2.24) is 0 Å². The van der Waals surface area contributed by atoms with Crippen molar-refractivity contribution in [3.05, 3.63) is 169 Å². The van der Waals surface area contributed by atoms with E-state index >= 15 is 0 Å². The Morgan fingerprint density at radius 1 is 0.273 bits per heavy atom. The van der Waals surface area contributed by atoms with Crippen LogP contribution in [0.25, 0.3) is 76.5 Å². The molecule has 8 aromatic carbocycles. The van der Waals surface area contributed by atoms with Gasteiger partial charge in [0, 0.05) is 0 Å². The molecule has 0 unspecified atom stereocenters. The molecule has 0 aliphatic carbocycles. The topological polar surface area (TPSA) is 0 Å². The van der Waals surface area contributed by atoms with Crippen molar-refractivity contribution in [3.8, 4) is 22.3 Å². The maximum absolute atomic E-state index is 2.33. The SMILES string of the molecule is CC(=C(C)c1ccc2cc(-c3ccc4ccccc4c3)ccc2c1)c1ccc2cc(-c3ccc4ccccc4c3)ccc2c1. The summed E-state index contributed by atoms with van der Waals surface area (Å²) in [5, 5.41) is 10.1. The fourth-order valence-corrected chi connectivity index (χ4v) is 6.49. The van der Waals surface area contributed by atoms with Crippen LogP contribution in [-0.4, -0.2) is 0 Å². The standard InChI is InChI=1S/C44H32/c1-29(33-13-17-41-27-43(21-19-37(41)23-33)39-15-11-31-7-3-5-9-35(31)25-39)30(2)34-14-18-42-28-44(22-20-38(42)24-34)40-16-12-32-8-4-6-10-36(32)26-40/h3-28H,1-2H3. The second kappa shape index (κ2) is 10.7. The smallest absolute Gasteiger partial charge is 0.0177 e. The van der Waals surface area contributed by atoms with Crippen molar-refractivity contribution in [1.29, 1.82) is 0 Å². The lowest BCUT2D eigenvalue weighted by Crippen LogP contribution is -1.88. The molecule has 0 heterocycles. The summed E-state index contributed by atoms with van der Waals surface area (Å²) in [6, 6.07) is 57.9. The molecule has 0 saturated carbocycles. The Hall–Kier alpha value is -5.46. The molecule has 0 saturated heterocycles. The highest BCUT2D eigenvalue weighted by Gasteiger charge is 2.09. The second-order valence-electron chi connectivity index (χ2n) is 11.9. The molecule has 0 aliphatic rings. The first-order chi connectivity index (χ1) is 21.6. The van der Waals surface area contributed by atoms with Crippen LogP contribution in [0.4, 0.5) is 0 Å². The summed E-state index contributed by atoms with van der Waals surface area (Å²) >= 11 is 0. The Balaban J connectivity index is 1.09. The zero-order valence-electron chi connectivity index (χ0n) is 25.0. The Morgan fingerprint density at radius 2 is 0.545 bits per heavy atom. The summed E-state index contributed by atoms with van der Waals surface area (Å²) in [5.41, 5.74) is 10.1. The third-order valence-corrected chi connectivity index (χ3v) is 9.27. The number of allylic oxidation sites excluding steroid dienone is 2. The van der Waals surface area contributed by atoms with E-state index in [2.05, 4.69) is 172 Å². The van der Waals surface area contributed by atoms with E-state index in [0.717, 1.165) is 0 Å². The summed E-state index contributed by atoms with van der Waals surface area (Å²) in [6.07, 6.45) is 0. The third kappa shape index (κ3) is 4.75. The molecule has 0 aromatic heterocycles. The van der Waals surface area contributed by atoms with Crippen LogP contribution in [0.15, 0.2) is 158 Å². The molecular formula is C44H32. The van der Waals surface area contributed by atoms with Crippen LogP contribution >= 0.6 is 0 Å². The van der Waals surface area contributed by atoms with Gasteiger partial charge in [-0.25, -0.2) is 0 Å². The van der Waals surface area contributed by atoms with E-state index in [0.29, 0.717) is 0 Å². The van der Waals surface area contributed by atoms with Gasteiger partial charge in [-0.3, -0.25) is 0 Å². The molecule has 0 amide bonds. The van der Waals surface area contributed by atoms with Crippen molar-refractivity contribution in [2.45, 2.75) is 13.8 Å². The van der Waals surface area contributed by atoms with Gasteiger partial charge in [0.25, 0.3) is 0 Å². The lowest BCUT2D eigenvalue weighted by atomic mass is 9.92. The predicted molar refractivity (Wildman–Crippen MR) is 192 cm³/mol. The minimum atomic E-state index is 1.25. The Bertz CT molecular complexity index is 2230. The van der Waals surface area contributed by atoms with Crippen LogP contribution in [0, 0.1) is 0 Å². The molecule has 0 spiro atoms. The molecule has 0 bridgehead atoms. The molecule has 0 aliphatic heterocycles. The van der Waals surface area contributed by atoms with Crippen LogP contribution in [-0.2, 0) is 0 Å². The monoisotopic (exact) mass is 560 g/mol. The van der Waals surface area contributed by atoms with Crippen LogP contribution in [0.5, 0.6) is 0 Å². The van der Waals surface area contributed by atoms with E-state index in [1.807, 2.05) is 0 Å². The molecule has 0 radical (unpaired) electrons. The van der Waals surface area contributed by atoms with E-state index in [4.69, 9.17) is 0 Å². The van der Waals surface area contributed by atoms with E-state index in [1.165, 1.54) is 87.6 Å². The van der Waals surface area contributed by atoms with Gasteiger partial charge in [-0.2, -0.15) is 0 Å². The van der Waals surface area contributed by atoms with Gasteiger partial charge in [0.1, 0.15) is 0 Å². The summed E-state index contributed by atoms with van der Waals surface area (Å²) < 4.78 is 0. The first kappa shape index (κ1) is 26.2. The summed E-state index contributed by atoms with van der Waals surface area (Å²) in [5.74, 6) is 0. The number of fused-ring (bicyclic) bond motifs is 4. The molecule has 44 heavy (non-hydrogen) atoms. The number of rotatable bonds is 4. The van der Waals surface area contributed by atoms with Gasteiger partial charge in [-0.1, -0.05) is 121 Å². The molecule has 0 N–H and O–H groups in total. The first-order valence-electron chi connectivity index (χ1n) is 15.3. The van der Waals surface area contributed by atoms with E-state index in [-0.39, 0.29) is 0 Å². The molecule has 0 fully saturated rings. The van der Waals surface area contributed by atoms with Crippen LogP contribution in [0.1, 0.15) is 25.0 Å². The van der Waals surface area contributed by atoms with Gasteiger partial charge in [0.05, 0.1) is 0 Å². The minimum Gasteiger partial charge on any atom is -0.0616 e. The highest BCUT2D eigenvalue weighted by atomic mass is 14.1. The zero-order valence-corrected chi connectivity index (χ0v) is 25.0. The molecule has 208 valence electrons. The fourth-order valence-electron chi connectivity index (χ4n) is 6.49. The average molecular weight is 561 g/mol. The van der Waals surface area contributed by atoms with Gasteiger partial charge in [-0.15, -0.1) is 0 Å². The Kier molecular flexibility index (Phi) is 6.35. The number of benzene rings is 8. The Morgan fingerprint density at radius 3 is 0.932 bits per heavy atom. The van der Waals surface area contributed by atoms with Crippen molar-refractivity contribution in [2.75, 3.05) is 0 Å². The second-order valence-corrected chi connectivity index (χ2v) is 11.9. The Labute approximate surface area is 258 Å². The van der Waals surface area contributed by atoms with Gasteiger partial charge >= 0.3 is 0 Å². The third-order valence-electron chi connectivity index (χ3n) is 9.27. The minimum absolute atomic E-state index is 1.25. The molecule has 8 rings (SSSR count). The lowest BCUT2D eigenvalue weighted by Gasteiger charge is -2.12. The molecule has 8 aromatic rings. The van der Waals surface area contributed by atoms with Gasteiger partial charge < -0.3 is 0 Å². The highest BCUT2D eigenvalue weighted by molar-refractivity contribution is 5.98. The van der Waals surface area contributed by atoms with Crippen LogP contribution in [0.2, 0.25) is 0 Å². The van der Waals surface area contributed by atoms with E-state index in [9.17, 15) is 0 Å². The summed E-state index contributed by atoms with van der Waals surface area (Å²) in [6.45, 7) is 4.49. The quantitative estimate of drug-likeness (QED) is 0.188. The predicted octanol–water partition coefficient (Wildman–Crippen LogP) is 12.6. The molecule has 0 nitrogen and oxygen atoms in total. The van der Waals surface area contributed by atoms with Gasteiger partial charge in [-0.05, 0) is 138 Å². The van der Waals surface area contributed by atoms with Crippen molar-refractivity contribution < 1.29 is 0 Å². The average Bonchev–Trinajstić information content (AvgIpc) is 3.09. The van der Waals surface area contributed by atoms with Gasteiger partial charge in [0.15, 0.2) is 0 Å². The van der Waals surface area contributed by atoms with Crippen LogP contribution in [0.3, 0.4) is 0 Å². The zero-order chi connectivity index (χ0) is 29.6. The van der Waals surface area contributed by atoms with E-state index in [1.54, 1.807) is 0 Å². The van der Waals surface area contributed by atoms with Crippen molar-refractivity contribution >= 4 is 54.2 Å².